The number of rotatable bonds is 1. The second-order valence-corrected chi connectivity index (χ2v) is 5.02. The maximum Gasteiger partial charge on any atom is 0.329 e. The van der Waals surface area contributed by atoms with Crippen LogP contribution in [-0.2, 0) is 9.53 Å². The Labute approximate surface area is 129 Å². The standard InChI is InChI=1S/C16H10.C4H6O2/c1-3-11-7-9-13-5-2-6-14-10-8-12(4-1)15(11)16(13)14;1-3-4(5)6-2/h1-10H;3H,1H2,2H3. The van der Waals surface area contributed by atoms with E-state index >= 15 is 0 Å². The predicted molar refractivity (Wildman–Crippen MR) is 92.4 cm³/mol. The monoisotopic (exact) mass is 288 g/mol. The second kappa shape index (κ2) is 5.86. The van der Waals surface area contributed by atoms with Crippen molar-refractivity contribution in [2.45, 2.75) is 0 Å². The Morgan fingerprint density at radius 1 is 0.818 bits per heavy atom. The first-order valence-corrected chi connectivity index (χ1v) is 7.07. The van der Waals surface area contributed by atoms with Gasteiger partial charge in [-0.15, -0.1) is 0 Å². The van der Waals surface area contributed by atoms with Gasteiger partial charge >= 0.3 is 5.97 Å². The number of esters is 1. The van der Waals surface area contributed by atoms with Gasteiger partial charge in [0.1, 0.15) is 0 Å². The van der Waals surface area contributed by atoms with Gasteiger partial charge in [-0.2, -0.15) is 0 Å². The Kier molecular flexibility index (Phi) is 3.75. The van der Waals surface area contributed by atoms with Crippen molar-refractivity contribution in [1.82, 2.24) is 0 Å². The summed E-state index contributed by atoms with van der Waals surface area (Å²) in [7, 11) is 1.31. The van der Waals surface area contributed by atoms with Crippen LogP contribution in [0, 0.1) is 0 Å². The minimum atomic E-state index is -0.394. The molecule has 0 aliphatic rings. The molecule has 0 spiro atoms. The number of carbonyl (C=O) groups is 1. The Bertz CT molecular complexity index is 824. The van der Waals surface area contributed by atoms with Crippen molar-refractivity contribution in [3.63, 3.8) is 0 Å². The minimum Gasteiger partial charge on any atom is -0.466 e. The van der Waals surface area contributed by atoms with E-state index < -0.39 is 5.97 Å². The van der Waals surface area contributed by atoms with Crippen molar-refractivity contribution in [3.05, 3.63) is 73.3 Å². The number of ether oxygens (including phenoxy) is 1. The van der Waals surface area contributed by atoms with Crippen LogP contribution in [0.3, 0.4) is 0 Å². The molecule has 2 nitrogen and oxygen atoms in total. The molecule has 22 heavy (non-hydrogen) atoms. The molecule has 0 aliphatic carbocycles. The van der Waals surface area contributed by atoms with Crippen LogP contribution >= 0.6 is 0 Å². The fourth-order valence-electron chi connectivity index (χ4n) is 2.75. The van der Waals surface area contributed by atoms with Crippen molar-refractivity contribution in [2.75, 3.05) is 7.11 Å². The lowest BCUT2D eigenvalue weighted by Crippen LogP contribution is -1.91. The highest BCUT2D eigenvalue weighted by atomic mass is 16.5. The third-order valence-corrected chi connectivity index (χ3v) is 3.76. The van der Waals surface area contributed by atoms with E-state index in [1.807, 2.05) is 0 Å². The Morgan fingerprint density at radius 3 is 1.41 bits per heavy atom. The molecule has 0 atom stereocenters. The number of hydrogen-bond acceptors (Lipinski definition) is 2. The highest BCUT2D eigenvalue weighted by molar-refractivity contribution is 6.22. The van der Waals surface area contributed by atoms with Gasteiger partial charge in [-0.25, -0.2) is 4.79 Å². The van der Waals surface area contributed by atoms with Crippen LogP contribution in [0.15, 0.2) is 73.3 Å². The van der Waals surface area contributed by atoms with E-state index in [2.05, 4.69) is 72.0 Å². The smallest absolute Gasteiger partial charge is 0.329 e. The molecule has 0 radical (unpaired) electrons. The average molecular weight is 288 g/mol. The molecule has 0 heterocycles. The fourth-order valence-corrected chi connectivity index (χ4v) is 2.75. The molecule has 0 unspecified atom stereocenters. The lowest BCUT2D eigenvalue weighted by molar-refractivity contribution is -0.134. The normalized spacial score (nSPS) is 10.4. The molecular weight excluding hydrogens is 272 g/mol. The van der Waals surface area contributed by atoms with E-state index in [9.17, 15) is 4.79 Å². The topological polar surface area (TPSA) is 26.3 Å². The molecule has 0 fully saturated rings. The maximum atomic E-state index is 9.84. The first kappa shape index (κ1) is 14.1. The number of methoxy groups -OCH3 is 1. The quantitative estimate of drug-likeness (QED) is 0.282. The van der Waals surface area contributed by atoms with Gasteiger partial charge in [0.05, 0.1) is 7.11 Å². The zero-order valence-corrected chi connectivity index (χ0v) is 12.4. The van der Waals surface area contributed by atoms with Gasteiger partial charge in [-0.3, -0.25) is 0 Å². The van der Waals surface area contributed by atoms with Crippen LogP contribution in [0.25, 0.3) is 32.3 Å². The molecule has 0 bridgehead atoms. The Hall–Kier alpha value is -2.87. The Morgan fingerprint density at radius 2 is 1.18 bits per heavy atom. The molecule has 108 valence electrons. The maximum absolute atomic E-state index is 9.84. The molecule has 0 aliphatic heterocycles. The number of carbonyl (C=O) groups excluding carboxylic acids is 1. The summed E-state index contributed by atoms with van der Waals surface area (Å²) in [6.45, 7) is 3.16. The molecule has 0 saturated carbocycles. The van der Waals surface area contributed by atoms with Crippen LogP contribution in [0.5, 0.6) is 0 Å². The lowest BCUT2D eigenvalue weighted by Gasteiger charge is -2.09. The van der Waals surface area contributed by atoms with E-state index in [4.69, 9.17) is 0 Å². The first-order valence-electron chi connectivity index (χ1n) is 7.07. The molecular formula is C20H16O2. The summed E-state index contributed by atoms with van der Waals surface area (Å²) in [5.74, 6) is -0.394. The molecule has 0 amide bonds. The van der Waals surface area contributed by atoms with Gasteiger partial charge in [0.25, 0.3) is 0 Å². The van der Waals surface area contributed by atoms with Gasteiger partial charge in [0.15, 0.2) is 0 Å². The van der Waals surface area contributed by atoms with E-state index in [1.54, 1.807) is 0 Å². The van der Waals surface area contributed by atoms with Crippen LogP contribution in [0.1, 0.15) is 0 Å². The molecule has 4 rings (SSSR count). The lowest BCUT2D eigenvalue weighted by atomic mass is 9.95. The van der Waals surface area contributed by atoms with Gasteiger partial charge in [0, 0.05) is 6.08 Å². The van der Waals surface area contributed by atoms with Gasteiger partial charge in [-0.05, 0) is 32.3 Å². The summed E-state index contributed by atoms with van der Waals surface area (Å²) in [6.07, 6.45) is 1.11. The van der Waals surface area contributed by atoms with E-state index in [-0.39, 0.29) is 0 Å². The van der Waals surface area contributed by atoms with Crippen LogP contribution < -0.4 is 0 Å². The minimum absolute atomic E-state index is 0.394. The van der Waals surface area contributed by atoms with Crippen molar-refractivity contribution < 1.29 is 9.53 Å². The Balaban J connectivity index is 0.000000209. The zero-order valence-electron chi connectivity index (χ0n) is 12.4. The first-order chi connectivity index (χ1) is 10.7. The predicted octanol–water partition coefficient (Wildman–Crippen LogP) is 4.93. The largest absolute Gasteiger partial charge is 0.466 e. The third kappa shape index (κ3) is 2.40. The third-order valence-electron chi connectivity index (χ3n) is 3.76. The molecule has 4 aromatic carbocycles. The summed E-state index contributed by atoms with van der Waals surface area (Å²) >= 11 is 0. The van der Waals surface area contributed by atoms with Gasteiger partial charge in [0.2, 0.25) is 0 Å². The number of benzene rings is 4. The highest BCUT2D eigenvalue weighted by Crippen LogP contribution is 2.33. The van der Waals surface area contributed by atoms with E-state index in [0.29, 0.717) is 0 Å². The second-order valence-electron chi connectivity index (χ2n) is 5.02. The average Bonchev–Trinajstić information content (AvgIpc) is 2.59. The van der Waals surface area contributed by atoms with Crippen LogP contribution in [0.2, 0.25) is 0 Å². The summed E-state index contributed by atoms with van der Waals surface area (Å²) in [4.78, 5) is 9.84. The van der Waals surface area contributed by atoms with Crippen LogP contribution in [0.4, 0.5) is 0 Å². The zero-order chi connectivity index (χ0) is 15.5. The SMILES string of the molecule is C=CC(=O)OC.c1cc2ccc3cccc4ccc(c1)c2c34. The van der Waals surface area contributed by atoms with E-state index in [1.165, 1.54) is 39.4 Å². The summed E-state index contributed by atoms with van der Waals surface area (Å²) in [5, 5.41) is 8.14. The van der Waals surface area contributed by atoms with E-state index in [0.717, 1.165) is 6.08 Å². The molecule has 4 aromatic rings. The molecule has 2 heteroatoms. The molecule has 0 aromatic heterocycles. The van der Waals surface area contributed by atoms with Crippen molar-refractivity contribution in [3.8, 4) is 0 Å². The van der Waals surface area contributed by atoms with Crippen molar-refractivity contribution >= 4 is 38.3 Å². The number of hydrogen-bond donors (Lipinski definition) is 0. The van der Waals surface area contributed by atoms with Crippen molar-refractivity contribution in [1.29, 1.82) is 0 Å². The summed E-state index contributed by atoms with van der Waals surface area (Å²) in [6, 6.07) is 21.9. The summed E-state index contributed by atoms with van der Waals surface area (Å²) < 4.78 is 4.14. The van der Waals surface area contributed by atoms with Gasteiger partial charge in [-0.1, -0.05) is 67.2 Å². The highest BCUT2D eigenvalue weighted by Gasteiger charge is 2.05. The summed E-state index contributed by atoms with van der Waals surface area (Å²) in [5.41, 5.74) is 0. The van der Waals surface area contributed by atoms with Crippen LogP contribution in [-0.4, -0.2) is 13.1 Å². The van der Waals surface area contributed by atoms with Gasteiger partial charge < -0.3 is 4.74 Å². The van der Waals surface area contributed by atoms with Crippen molar-refractivity contribution in [2.24, 2.45) is 0 Å². The fraction of sp³-hybridized carbons (Fsp3) is 0.0500. The molecule has 0 N–H and O–H groups in total. The molecule has 0 saturated heterocycles.